The number of benzene rings is 2. The minimum atomic E-state index is -0.410. The Morgan fingerprint density at radius 1 is 1.00 bits per heavy atom. The molecule has 0 aliphatic carbocycles. The summed E-state index contributed by atoms with van der Waals surface area (Å²) in [6.45, 7) is 0.183. The standard InChI is InChI=1S/C19H18N2O3S/c1-20(11-13-7-9-14(25-2)10-8-13)17(22)12-21-18(23)15-5-3-4-6-16(15)19(21)24/h3-10H,11-12H2,1-2H3. The van der Waals surface area contributed by atoms with Crippen LogP contribution in [0.3, 0.4) is 0 Å². The molecular weight excluding hydrogens is 336 g/mol. The molecule has 1 aliphatic heterocycles. The Kier molecular flexibility index (Phi) is 4.90. The summed E-state index contributed by atoms with van der Waals surface area (Å²) in [6.07, 6.45) is 2.01. The van der Waals surface area contributed by atoms with Gasteiger partial charge in [0.15, 0.2) is 0 Å². The van der Waals surface area contributed by atoms with Crippen LogP contribution >= 0.6 is 11.8 Å². The van der Waals surface area contributed by atoms with Crippen molar-refractivity contribution < 1.29 is 14.4 Å². The van der Waals surface area contributed by atoms with Crippen LogP contribution in [0.5, 0.6) is 0 Å². The third-order valence-corrected chi connectivity index (χ3v) is 4.92. The third kappa shape index (κ3) is 3.44. The summed E-state index contributed by atoms with van der Waals surface area (Å²) in [5.74, 6) is -1.10. The van der Waals surface area contributed by atoms with Gasteiger partial charge in [-0.25, -0.2) is 0 Å². The summed E-state index contributed by atoms with van der Waals surface area (Å²) in [7, 11) is 1.67. The molecule has 128 valence electrons. The fourth-order valence-electron chi connectivity index (χ4n) is 2.73. The normalized spacial score (nSPS) is 13.1. The first kappa shape index (κ1) is 17.2. The molecule has 0 saturated heterocycles. The van der Waals surface area contributed by atoms with E-state index >= 15 is 0 Å². The van der Waals surface area contributed by atoms with Crippen LogP contribution in [0.15, 0.2) is 53.4 Å². The lowest BCUT2D eigenvalue weighted by Crippen LogP contribution is -2.40. The van der Waals surface area contributed by atoms with Crippen LogP contribution in [0, 0.1) is 0 Å². The lowest BCUT2D eigenvalue weighted by molar-refractivity contribution is -0.130. The topological polar surface area (TPSA) is 57.7 Å². The Morgan fingerprint density at radius 3 is 2.08 bits per heavy atom. The molecule has 0 aromatic heterocycles. The van der Waals surface area contributed by atoms with Crippen LogP contribution < -0.4 is 0 Å². The molecule has 5 nitrogen and oxygen atoms in total. The minimum Gasteiger partial charge on any atom is -0.340 e. The molecule has 0 bridgehead atoms. The van der Waals surface area contributed by atoms with Crippen molar-refractivity contribution in [2.75, 3.05) is 19.8 Å². The van der Waals surface area contributed by atoms with E-state index in [9.17, 15) is 14.4 Å². The first-order valence-corrected chi connectivity index (χ1v) is 9.06. The molecule has 3 rings (SSSR count). The number of hydrogen-bond donors (Lipinski definition) is 0. The van der Waals surface area contributed by atoms with E-state index in [0.29, 0.717) is 17.7 Å². The number of carbonyl (C=O) groups excluding carboxylic acids is 3. The molecule has 0 N–H and O–H groups in total. The van der Waals surface area contributed by atoms with Gasteiger partial charge in [-0.2, -0.15) is 0 Å². The van der Waals surface area contributed by atoms with Gasteiger partial charge in [0.05, 0.1) is 11.1 Å². The van der Waals surface area contributed by atoms with Gasteiger partial charge in [0, 0.05) is 18.5 Å². The van der Waals surface area contributed by atoms with E-state index in [1.807, 2.05) is 30.5 Å². The fraction of sp³-hybridized carbons (Fsp3) is 0.211. The molecule has 0 fully saturated rings. The Hall–Kier alpha value is -2.60. The van der Waals surface area contributed by atoms with Gasteiger partial charge in [-0.15, -0.1) is 11.8 Å². The van der Waals surface area contributed by atoms with Crippen LogP contribution in [-0.2, 0) is 11.3 Å². The van der Waals surface area contributed by atoms with Gasteiger partial charge in [-0.05, 0) is 36.1 Å². The molecule has 0 spiro atoms. The van der Waals surface area contributed by atoms with E-state index in [-0.39, 0.29) is 12.5 Å². The van der Waals surface area contributed by atoms with E-state index in [0.717, 1.165) is 15.4 Å². The van der Waals surface area contributed by atoms with Crippen molar-refractivity contribution in [3.63, 3.8) is 0 Å². The highest BCUT2D eigenvalue weighted by Crippen LogP contribution is 2.22. The van der Waals surface area contributed by atoms with Crippen LogP contribution in [0.4, 0.5) is 0 Å². The summed E-state index contributed by atoms with van der Waals surface area (Å²) in [4.78, 5) is 40.8. The summed E-state index contributed by atoms with van der Waals surface area (Å²) >= 11 is 1.66. The first-order chi connectivity index (χ1) is 12.0. The van der Waals surface area contributed by atoms with Crippen molar-refractivity contribution in [1.29, 1.82) is 0 Å². The third-order valence-electron chi connectivity index (χ3n) is 4.18. The summed E-state index contributed by atoms with van der Waals surface area (Å²) in [6, 6.07) is 14.6. The number of imide groups is 1. The maximum absolute atomic E-state index is 12.4. The zero-order valence-corrected chi connectivity index (χ0v) is 14.9. The molecule has 0 saturated carbocycles. The van der Waals surface area contributed by atoms with Gasteiger partial charge in [-0.3, -0.25) is 19.3 Å². The Bertz CT molecular complexity index is 798. The Morgan fingerprint density at radius 2 is 1.56 bits per heavy atom. The van der Waals surface area contributed by atoms with Crippen LogP contribution in [0.2, 0.25) is 0 Å². The van der Waals surface area contributed by atoms with Gasteiger partial charge >= 0.3 is 0 Å². The highest BCUT2D eigenvalue weighted by Gasteiger charge is 2.36. The van der Waals surface area contributed by atoms with Crippen molar-refractivity contribution in [2.45, 2.75) is 11.4 Å². The van der Waals surface area contributed by atoms with Gasteiger partial charge in [0.1, 0.15) is 6.54 Å². The predicted octanol–water partition coefficient (Wildman–Crippen LogP) is 2.66. The van der Waals surface area contributed by atoms with E-state index in [1.54, 1.807) is 43.1 Å². The van der Waals surface area contributed by atoms with Crippen LogP contribution in [0.25, 0.3) is 0 Å². The number of nitrogens with zero attached hydrogens (tertiary/aromatic N) is 2. The average molecular weight is 354 g/mol. The molecule has 2 aromatic carbocycles. The highest BCUT2D eigenvalue weighted by atomic mass is 32.2. The molecule has 2 aromatic rings. The van der Waals surface area contributed by atoms with Gasteiger partial charge in [0.2, 0.25) is 5.91 Å². The Labute approximate surface area is 150 Å². The first-order valence-electron chi connectivity index (χ1n) is 7.83. The second-order valence-electron chi connectivity index (χ2n) is 5.84. The fourth-order valence-corrected chi connectivity index (χ4v) is 3.14. The minimum absolute atomic E-state index is 0.244. The van der Waals surface area contributed by atoms with Crippen molar-refractivity contribution in [3.05, 3.63) is 65.2 Å². The quantitative estimate of drug-likeness (QED) is 0.612. The lowest BCUT2D eigenvalue weighted by Gasteiger charge is -2.21. The van der Waals surface area contributed by atoms with Crippen molar-refractivity contribution in [3.8, 4) is 0 Å². The molecule has 6 heteroatoms. The van der Waals surface area contributed by atoms with Crippen LogP contribution in [0.1, 0.15) is 26.3 Å². The van der Waals surface area contributed by atoms with Crippen molar-refractivity contribution in [2.24, 2.45) is 0 Å². The molecule has 0 atom stereocenters. The van der Waals surface area contributed by atoms with Crippen molar-refractivity contribution >= 4 is 29.5 Å². The number of hydrogen-bond acceptors (Lipinski definition) is 4. The number of fused-ring (bicyclic) bond motifs is 1. The van der Waals surface area contributed by atoms with Gasteiger partial charge in [0.25, 0.3) is 11.8 Å². The van der Waals surface area contributed by atoms with Gasteiger partial charge in [-0.1, -0.05) is 24.3 Å². The highest BCUT2D eigenvalue weighted by molar-refractivity contribution is 7.98. The molecular formula is C19H18N2O3S. The van der Waals surface area contributed by atoms with Crippen molar-refractivity contribution in [1.82, 2.24) is 9.80 Å². The number of amides is 3. The smallest absolute Gasteiger partial charge is 0.262 e. The van der Waals surface area contributed by atoms with E-state index in [2.05, 4.69) is 0 Å². The predicted molar refractivity (Wildman–Crippen MR) is 96.5 cm³/mol. The molecule has 1 heterocycles. The lowest BCUT2D eigenvalue weighted by atomic mass is 10.1. The summed E-state index contributed by atoms with van der Waals surface area (Å²) < 4.78 is 0. The monoisotopic (exact) mass is 354 g/mol. The number of rotatable bonds is 5. The Balaban J connectivity index is 1.66. The average Bonchev–Trinajstić information content (AvgIpc) is 2.87. The number of thioether (sulfide) groups is 1. The second-order valence-corrected chi connectivity index (χ2v) is 6.72. The summed E-state index contributed by atoms with van der Waals surface area (Å²) in [5.41, 5.74) is 1.71. The zero-order valence-electron chi connectivity index (χ0n) is 14.1. The van der Waals surface area contributed by atoms with Crippen LogP contribution in [-0.4, -0.2) is 47.4 Å². The van der Waals surface area contributed by atoms with E-state index in [1.165, 1.54) is 4.90 Å². The van der Waals surface area contributed by atoms with Gasteiger partial charge < -0.3 is 4.90 Å². The summed E-state index contributed by atoms with van der Waals surface area (Å²) in [5, 5.41) is 0. The molecule has 3 amide bonds. The largest absolute Gasteiger partial charge is 0.340 e. The maximum atomic E-state index is 12.4. The number of likely N-dealkylation sites (N-methyl/N-ethyl adjacent to an activating group) is 1. The molecule has 25 heavy (non-hydrogen) atoms. The van der Waals surface area contributed by atoms with E-state index in [4.69, 9.17) is 0 Å². The molecule has 1 aliphatic rings. The zero-order chi connectivity index (χ0) is 18.0. The molecule has 0 radical (unpaired) electrons. The second kappa shape index (κ2) is 7.11. The molecule has 0 unspecified atom stereocenters. The number of carbonyl (C=O) groups is 3. The van der Waals surface area contributed by atoms with E-state index < -0.39 is 11.8 Å². The maximum Gasteiger partial charge on any atom is 0.262 e. The SMILES string of the molecule is CSc1ccc(CN(C)C(=O)CN2C(=O)c3ccccc3C2=O)cc1.